The minimum atomic E-state index is -0.134. The maximum Gasteiger partial charge on any atom is 0.252 e. The predicted octanol–water partition coefficient (Wildman–Crippen LogP) is 18.6. The van der Waals surface area contributed by atoms with E-state index < -0.39 is 0 Å². The lowest BCUT2D eigenvalue weighted by atomic mass is 9.33. The zero-order valence-corrected chi connectivity index (χ0v) is 47.5. The Morgan fingerprint density at radius 1 is 0.321 bits per heavy atom. The van der Waals surface area contributed by atoms with Crippen LogP contribution in [0, 0.1) is 0 Å². The van der Waals surface area contributed by atoms with Crippen molar-refractivity contribution >= 4 is 102 Å². The average molecular weight is 1020 g/mol. The SMILES string of the molecule is CC(C)(C)c1ccc(N(c2ccc(C(C)(C)C)cc2)c2ccc3c(c2)N(c2ccc(C(C)(C)C)cc2)c2cc(N(c4ccccc4)c4ccccc4)cc4c2B3c2cc3cocc3cc2N4c2ccc(C(C)(C)C)cc2)cc1. The van der Waals surface area contributed by atoms with Crippen molar-refractivity contribution in [1.29, 1.82) is 0 Å². The molecule has 5 nitrogen and oxygen atoms in total. The lowest BCUT2D eigenvalue weighted by Gasteiger charge is -2.45. The van der Waals surface area contributed by atoms with Crippen LogP contribution in [0.25, 0.3) is 10.8 Å². The van der Waals surface area contributed by atoms with Crippen LogP contribution in [-0.2, 0) is 21.7 Å². The minimum Gasteiger partial charge on any atom is -0.471 e. The van der Waals surface area contributed by atoms with E-state index in [1.165, 1.54) is 38.6 Å². The molecule has 2 aliphatic rings. The van der Waals surface area contributed by atoms with E-state index in [-0.39, 0.29) is 28.4 Å². The topological polar surface area (TPSA) is 26.1 Å². The Labute approximate surface area is 463 Å². The average Bonchev–Trinajstić information content (AvgIpc) is 3.03. The van der Waals surface area contributed by atoms with Gasteiger partial charge in [-0.3, -0.25) is 0 Å². The highest BCUT2D eigenvalue weighted by Gasteiger charge is 2.45. The Balaban J connectivity index is 1.18. The van der Waals surface area contributed by atoms with Gasteiger partial charge in [-0.2, -0.15) is 0 Å². The molecular formula is C72H71BN4O. The monoisotopic (exact) mass is 1020 g/mol. The van der Waals surface area contributed by atoms with Crippen molar-refractivity contribution in [3.8, 4) is 0 Å². The fourth-order valence-electron chi connectivity index (χ4n) is 11.7. The summed E-state index contributed by atoms with van der Waals surface area (Å²) in [5, 5.41) is 2.15. The van der Waals surface area contributed by atoms with Gasteiger partial charge in [-0.25, -0.2) is 0 Å². The molecule has 12 rings (SSSR count). The fourth-order valence-corrected chi connectivity index (χ4v) is 11.7. The van der Waals surface area contributed by atoms with Crippen LogP contribution in [-0.4, -0.2) is 6.71 Å². The van der Waals surface area contributed by atoms with Crippen LogP contribution in [0.2, 0.25) is 0 Å². The highest BCUT2D eigenvalue weighted by Crippen LogP contribution is 2.50. The summed E-state index contributed by atoms with van der Waals surface area (Å²) in [6.45, 7) is 27.3. The first-order chi connectivity index (χ1) is 37.2. The molecule has 0 fully saturated rings. The molecule has 9 aromatic carbocycles. The molecular weight excluding hydrogens is 948 g/mol. The Morgan fingerprint density at radius 3 is 1.09 bits per heavy atom. The lowest BCUT2D eigenvalue weighted by molar-refractivity contribution is 0.572. The van der Waals surface area contributed by atoms with Gasteiger partial charge in [-0.15, -0.1) is 0 Å². The van der Waals surface area contributed by atoms with E-state index in [1.807, 2.05) is 12.5 Å². The second-order valence-electron chi connectivity index (χ2n) is 25.7. The minimum absolute atomic E-state index is 0.00965. The van der Waals surface area contributed by atoms with Gasteiger partial charge in [0.25, 0.3) is 6.71 Å². The van der Waals surface area contributed by atoms with Crippen molar-refractivity contribution < 1.29 is 4.42 Å². The van der Waals surface area contributed by atoms with Crippen LogP contribution in [0.5, 0.6) is 0 Å². The molecule has 1 aromatic heterocycles. The van der Waals surface area contributed by atoms with Crippen molar-refractivity contribution in [3.05, 3.63) is 235 Å². The van der Waals surface area contributed by atoms with Gasteiger partial charge >= 0.3 is 0 Å². The molecule has 78 heavy (non-hydrogen) atoms. The number of fused-ring (bicyclic) bond motifs is 5. The quantitative estimate of drug-likeness (QED) is 0.141. The molecule has 0 amide bonds. The predicted molar refractivity (Wildman–Crippen MR) is 334 cm³/mol. The van der Waals surface area contributed by atoms with E-state index in [0.29, 0.717) is 0 Å². The summed E-state index contributed by atoms with van der Waals surface area (Å²) in [5.41, 5.74) is 22.1. The van der Waals surface area contributed by atoms with Gasteiger partial charge in [-0.05, 0) is 163 Å². The van der Waals surface area contributed by atoms with E-state index in [2.05, 4.69) is 303 Å². The Bertz CT molecular complexity index is 3720. The fraction of sp³-hybridized carbons (Fsp3) is 0.222. The summed E-state index contributed by atoms with van der Waals surface area (Å²) in [6, 6.07) is 75.5. The highest BCUT2D eigenvalue weighted by molar-refractivity contribution is 7.00. The van der Waals surface area contributed by atoms with Crippen LogP contribution in [0.15, 0.2) is 217 Å². The number of furan rings is 1. The van der Waals surface area contributed by atoms with Crippen molar-refractivity contribution in [3.63, 3.8) is 0 Å². The lowest BCUT2D eigenvalue weighted by Crippen LogP contribution is -2.61. The summed E-state index contributed by atoms with van der Waals surface area (Å²) in [6.07, 6.45) is 3.79. The van der Waals surface area contributed by atoms with Crippen molar-refractivity contribution in [2.45, 2.75) is 105 Å². The summed E-state index contributed by atoms with van der Waals surface area (Å²) < 4.78 is 6.03. The molecule has 0 unspecified atom stereocenters. The van der Waals surface area contributed by atoms with Gasteiger partial charge in [0.05, 0.1) is 18.2 Å². The number of para-hydroxylation sites is 2. The van der Waals surface area contributed by atoms with E-state index in [0.717, 1.165) is 79.0 Å². The Hall–Kier alpha value is -8.22. The summed E-state index contributed by atoms with van der Waals surface area (Å²) >= 11 is 0. The first kappa shape index (κ1) is 50.6. The number of hydrogen-bond acceptors (Lipinski definition) is 5. The second-order valence-corrected chi connectivity index (χ2v) is 25.7. The van der Waals surface area contributed by atoms with Gasteiger partial charge < -0.3 is 24.0 Å². The molecule has 0 aliphatic carbocycles. The maximum absolute atomic E-state index is 6.03. The molecule has 3 heterocycles. The van der Waals surface area contributed by atoms with E-state index in [4.69, 9.17) is 4.42 Å². The number of benzene rings is 9. The van der Waals surface area contributed by atoms with Gasteiger partial charge in [0.2, 0.25) is 0 Å². The van der Waals surface area contributed by atoms with E-state index >= 15 is 0 Å². The normalized spacial score (nSPS) is 13.3. The van der Waals surface area contributed by atoms with E-state index in [1.54, 1.807) is 0 Å². The van der Waals surface area contributed by atoms with Crippen LogP contribution < -0.4 is 36.0 Å². The number of hydrogen-bond donors (Lipinski definition) is 0. The Morgan fingerprint density at radius 2 is 0.667 bits per heavy atom. The number of rotatable bonds is 8. The summed E-state index contributed by atoms with van der Waals surface area (Å²) in [7, 11) is 0. The smallest absolute Gasteiger partial charge is 0.252 e. The third-order valence-electron chi connectivity index (χ3n) is 16.1. The van der Waals surface area contributed by atoms with Gasteiger partial charge in [-0.1, -0.05) is 180 Å². The van der Waals surface area contributed by atoms with Crippen LogP contribution in [0.3, 0.4) is 0 Å². The van der Waals surface area contributed by atoms with Gasteiger partial charge in [0, 0.05) is 73.3 Å². The van der Waals surface area contributed by atoms with Crippen LogP contribution in [0.4, 0.5) is 68.2 Å². The highest BCUT2D eigenvalue weighted by atomic mass is 16.3. The molecule has 0 saturated carbocycles. The molecule has 2 aliphatic heterocycles. The van der Waals surface area contributed by atoms with Crippen LogP contribution >= 0.6 is 0 Å². The molecule has 0 radical (unpaired) electrons. The Kier molecular flexibility index (Phi) is 12.2. The number of anilines is 12. The number of nitrogens with zero attached hydrogens (tertiary/aromatic N) is 4. The van der Waals surface area contributed by atoms with E-state index in [9.17, 15) is 0 Å². The third kappa shape index (κ3) is 9.05. The molecule has 0 spiro atoms. The maximum atomic E-state index is 6.03. The molecule has 0 saturated heterocycles. The molecule has 6 heteroatoms. The zero-order valence-electron chi connectivity index (χ0n) is 47.5. The molecule has 0 atom stereocenters. The summed E-state index contributed by atoms with van der Waals surface area (Å²) in [5.74, 6) is 0. The van der Waals surface area contributed by atoms with Crippen molar-refractivity contribution in [2.75, 3.05) is 19.6 Å². The standard InChI is InChI=1S/C72H71BN4O/c1-69(2,3)50-23-31-56(32-24-50)74(57-33-25-51(26-34-57)70(4,5)6)60-39-40-62-65(43-60)77(59-37-29-53(30-38-59)72(10,11)12)67-45-61(75(54-19-15-13-16-20-54)55-21-17-14-18-22-55)44-66-68(67)73(62)63-41-48-46-78-47-49(48)42-64(63)76(66)58-35-27-52(28-36-58)71(7,8)9/h13-47H,1-12H3. The first-order valence-electron chi connectivity index (χ1n) is 27.8. The van der Waals surface area contributed by atoms with Crippen LogP contribution in [0.1, 0.15) is 105 Å². The second kappa shape index (κ2) is 18.8. The molecule has 0 bridgehead atoms. The van der Waals surface area contributed by atoms with Gasteiger partial charge in [0.15, 0.2) is 0 Å². The van der Waals surface area contributed by atoms with Crippen molar-refractivity contribution in [2.24, 2.45) is 0 Å². The van der Waals surface area contributed by atoms with Gasteiger partial charge in [0.1, 0.15) is 0 Å². The molecule has 388 valence electrons. The largest absolute Gasteiger partial charge is 0.471 e. The van der Waals surface area contributed by atoms with Crippen molar-refractivity contribution in [1.82, 2.24) is 0 Å². The molecule has 10 aromatic rings. The zero-order chi connectivity index (χ0) is 54.5. The third-order valence-corrected chi connectivity index (χ3v) is 16.1. The molecule has 0 N–H and O–H groups in total. The summed E-state index contributed by atoms with van der Waals surface area (Å²) in [4.78, 5) is 9.94. The first-order valence-corrected chi connectivity index (χ1v) is 27.8.